The van der Waals surface area contributed by atoms with Gasteiger partial charge in [-0.25, -0.2) is 0 Å². The van der Waals surface area contributed by atoms with E-state index >= 15 is 0 Å². The number of nitrogens with two attached hydrogens (primary N) is 1. The number of hydrogen-bond donors (Lipinski definition) is 1. The molecule has 3 nitrogen and oxygen atoms in total. The Morgan fingerprint density at radius 1 is 1.30 bits per heavy atom. The Bertz CT molecular complexity index is 587. The SMILES string of the molecule is CCn1nc(CC2CC(C)CCC2N)c2ccccc21. The van der Waals surface area contributed by atoms with Gasteiger partial charge in [-0.3, -0.25) is 4.68 Å². The molecular formula is C17H25N3. The molecule has 2 aromatic rings. The second-order valence-electron chi connectivity index (χ2n) is 6.33. The van der Waals surface area contributed by atoms with Crippen molar-refractivity contribution in [2.24, 2.45) is 17.6 Å². The third-order valence-electron chi connectivity index (χ3n) is 4.79. The first-order valence-corrected chi connectivity index (χ1v) is 7.89. The molecule has 3 atom stereocenters. The topological polar surface area (TPSA) is 43.8 Å². The van der Waals surface area contributed by atoms with Crippen molar-refractivity contribution < 1.29 is 0 Å². The van der Waals surface area contributed by atoms with Crippen molar-refractivity contribution in [3.05, 3.63) is 30.0 Å². The Hall–Kier alpha value is -1.35. The Balaban J connectivity index is 1.90. The number of aryl methyl sites for hydroxylation is 1. The van der Waals surface area contributed by atoms with Crippen LogP contribution in [-0.4, -0.2) is 15.8 Å². The van der Waals surface area contributed by atoms with E-state index in [-0.39, 0.29) is 0 Å². The van der Waals surface area contributed by atoms with E-state index < -0.39 is 0 Å². The van der Waals surface area contributed by atoms with Crippen LogP contribution in [0.3, 0.4) is 0 Å². The zero-order chi connectivity index (χ0) is 14.1. The Morgan fingerprint density at radius 2 is 2.10 bits per heavy atom. The van der Waals surface area contributed by atoms with Crippen molar-refractivity contribution in [1.29, 1.82) is 0 Å². The lowest BCUT2D eigenvalue weighted by Crippen LogP contribution is -2.36. The van der Waals surface area contributed by atoms with E-state index in [4.69, 9.17) is 10.8 Å². The molecule has 0 amide bonds. The number of para-hydroxylation sites is 1. The first-order valence-electron chi connectivity index (χ1n) is 7.89. The highest BCUT2D eigenvalue weighted by Crippen LogP contribution is 2.31. The van der Waals surface area contributed by atoms with Crippen LogP contribution in [0.1, 0.15) is 38.8 Å². The molecule has 1 aromatic carbocycles. The summed E-state index contributed by atoms with van der Waals surface area (Å²) >= 11 is 0. The van der Waals surface area contributed by atoms with Crippen molar-refractivity contribution in [3.63, 3.8) is 0 Å². The first kappa shape index (κ1) is 13.6. The molecule has 3 heteroatoms. The van der Waals surface area contributed by atoms with Crippen LogP contribution in [0.15, 0.2) is 24.3 Å². The predicted octanol–water partition coefficient (Wildman–Crippen LogP) is 3.36. The lowest BCUT2D eigenvalue weighted by molar-refractivity contribution is 0.243. The molecule has 1 heterocycles. The lowest BCUT2D eigenvalue weighted by Gasteiger charge is -2.32. The number of nitrogens with zero attached hydrogens (tertiary/aromatic N) is 2. The van der Waals surface area contributed by atoms with E-state index in [9.17, 15) is 0 Å². The van der Waals surface area contributed by atoms with E-state index in [1.807, 2.05) is 0 Å². The maximum Gasteiger partial charge on any atom is 0.0706 e. The summed E-state index contributed by atoms with van der Waals surface area (Å²) in [5.74, 6) is 1.39. The molecule has 0 aliphatic heterocycles. The van der Waals surface area contributed by atoms with Crippen molar-refractivity contribution in [1.82, 2.24) is 9.78 Å². The summed E-state index contributed by atoms with van der Waals surface area (Å²) in [7, 11) is 0. The molecule has 2 N–H and O–H groups in total. The molecule has 0 spiro atoms. The lowest BCUT2D eigenvalue weighted by atomic mass is 9.77. The molecule has 1 saturated carbocycles. The molecule has 3 unspecified atom stereocenters. The normalized spacial score (nSPS) is 27.1. The summed E-state index contributed by atoms with van der Waals surface area (Å²) in [6, 6.07) is 8.91. The Labute approximate surface area is 121 Å². The minimum atomic E-state index is 0.344. The molecule has 0 bridgehead atoms. The van der Waals surface area contributed by atoms with Crippen LogP contribution in [0.4, 0.5) is 0 Å². The van der Waals surface area contributed by atoms with Crippen LogP contribution in [-0.2, 0) is 13.0 Å². The van der Waals surface area contributed by atoms with E-state index in [1.54, 1.807) is 0 Å². The minimum absolute atomic E-state index is 0.344. The molecule has 1 aliphatic rings. The number of rotatable bonds is 3. The number of aromatic nitrogens is 2. The summed E-state index contributed by atoms with van der Waals surface area (Å²) in [5.41, 5.74) is 8.82. The number of benzene rings is 1. The molecule has 108 valence electrons. The molecule has 0 radical (unpaired) electrons. The van der Waals surface area contributed by atoms with E-state index in [0.29, 0.717) is 12.0 Å². The van der Waals surface area contributed by atoms with Crippen molar-refractivity contribution in [2.45, 2.75) is 52.1 Å². The van der Waals surface area contributed by atoms with Gasteiger partial charge in [0.1, 0.15) is 0 Å². The van der Waals surface area contributed by atoms with Crippen LogP contribution in [0.25, 0.3) is 10.9 Å². The fraction of sp³-hybridized carbons (Fsp3) is 0.588. The number of hydrogen-bond acceptors (Lipinski definition) is 2. The average Bonchev–Trinajstić information content (AvgIpc) is 2.81. The Kier molecular flexibility index (Phi) is 3.79. The molecule has 3 rings (SSSR count). The highest BCUT2D eigenvalue weighted by molar-refractivity contribution is 5.81. The summed E-state index contributed by atoms with van der Waals surface area (Å²) in [6.45, 7) is 5.42. The summed E-state index contributed by atoms with van der Waals surface area (Å²) in [4.78, 5) is 0. The van der Waals surface area contributed by atoms with Gasteiger partial charge in [-0.15, -0.1) is 0 Å². The van der Waals surface area contributed by atoms with Crippen LogP contribution < -0.4 is 5.73 Å². The van der Waals surface area contributed by atoms with Gasteiger partial charge in [-0.05, 0) is 50.5 Å². The molecule has 1 aromatic heterocycles. The molecular weight excluding hydrogens is 246 g/mol. The molecule has 1 fully saturated rings. The fourth-order valence-corrected chi connectivity index (χ4v) is 3.59. The largest absolute Gasteiger partial charge is 0.327 e. The van der Waals surface area contributed by atoms with Crippen LogP contribution in [0.5, 0.6) is 0 Å². The van der Waals surface area contributed by atoms with Crippen LogP contribution in [0.2, 0.25) is 0 Å². The molecule has 0 saturated heterocycles. The number of fused-ring (bicyclic) bond motifs is 1. The van der Waals surface area contributed by atoms with Gasteiger partial charge in [0.2, 0.25) is 0 Å². The van der Waals surface area contributed by atoms with Crippen LogP contribution >= 0.6 is 0 Å². The third kappa shape index (κ3) is 2.47. The van der Waals surface area contributed by atoms with Gasteiger partial charge in [0.25, 0.3) is 0 Å². The van der Waals surface area contributed by atoms with Crippen LogP contribution in [0, 0.1) is 11.8 Å². The summed E-state index contributed by atoms with van der Waals surface area (Å²) in [6.07, 6.45) is 4.72. The monoisotopic (exact) mass is 271 g/mol. The van der Waals surface area contributed by atoms with Gasteiger partial charge < -0.3 is 5.73 Å². The quantitative estimate of drug-likeness (QED) is 0.930. The van der Waals surface area contributed by atoms with Crippen molar-refractivity contribution >= 4 is 10.9 Å². The smallest absolute Gasteiger partial charge is 0.0706 e. The van der Waals surface area contributed by atoms with Crippen molar-refractivity contribution in [2.75, 3.05) is 0 Å². The maximum atomic E-state index is 6.34. The average molecular weight is 271 g/mol. The van der Waals surface area contributed by atoms with E-state index in [0.717, 1.165) is 25.3 Å². The van der Waals surface area contributed by atoms with Gasteiger partial charge in [-0.1, -0.05) is 25.1 Å². The molecule has 1 aliphatic carbocycles. The highest BCUT2D eigenvalue weighted by atomic mass is 15.3. The van der Waals surface area contributed by atoms with Gasteiger partial charge in [0, 0.05) is 18.0 Å². The summed E-state index contributed by atoms with van der Waals surface area (Å²) in [5, 5.41) is 6.13. The minimum Gasteiger partial charge on any atom is -0.327 e. The maximum absolute atomic E-state index is 6.34. The second kappa shape index (κ2) is 5.57. The highest BCUT2D eigenvalue weighted by Gasteiger charge is 2.27. The second-order valence-corrected chi connectivity index (χ2v) is 6.33. The Morgan fingerprint density at radius 3 is 2.90 bits per heavy atom. The van der Waals surface area contributed by atoms with Crippen molar-refractivity contribution in [3.8, 4) is 0 Å². The zero-order valence-electron chi connectivity index (χ0n) is 12.5. The predicted molar refractivity (Wildman–Crippen MR) is 83.6 cm³/mol. The van der Waals surface area contributed by atoms with Gasteiger partial charge in [0.05, 0.1) is 11.2 Å². The van der Waals surface area contributed by atoms with E-state index in [1.165, 1.54) is 29.4 Å². The standard InChI is InChI=1S/C17H25N3/c1-3-20-17-7-5-4-6-14(17)16(19-20)11-13-10-12(2)8-9-15(13)18/h4-7,12-13,15H,3,8-11,18H2,1-2H3. The van der Waals surface area contributed by atoms with Gasteiger partial charge in [0.15, 0.2) is 0 Å². The summed E-state index contributed by atoms with van der Waals surface area (Å²) < 4.78 is 2.11. The van der Waals surface area contributed by atoms with Gasteiger partial charge >= 0.3 is 0 Å². The van der Waals surface area contributed by atoms with Gasteiger partial charge in [-0.2, -0.15) is 5.10 Å². The zero-order valence-corrected chi connectivity index (χ0v) is 12.5. The van der Waals surface area contributed by atoms with E-state index in [2.05, 4.69) is 42.8 Å². The fourth-order valence-electron chi connectivity index (χ4n) is 3.59. The third-order valence-corrected chi connectivity index (χ3v) is 4.79. The molecule has 20 heavy (non-hydrogen) atoms. The first-order chi connectivity index (χ1) is 9.69.